The van der Waals surface area contributed by atoms with Gasteiger partial charge in [0.2, 0.25) is 25.0 Å². The molecule has 0 spiro atoms. The van der Waals surface area contributed by atoms with Crippen LogP contribution in [0, 0.1) is 5.41 Å². The Kier molecular flexibility index (Phi) is 18.0. The molecule has 0 saturated carbocycles. The smallest absolute Gasteiger partial charge is 0.319 e. The van der Waals surface area contributed by atoms with E-state index >= 15 is 0 Å². The van der Waals surface area contributed by atoms with Crippen LogP contribution in [0.2, 0.25) is 0 Å². The molecule has 3 aromatic carbocycles. The summed E-state index contributed by atoms with van der Waals surface area (Å²) in [7, 11) is 0. The SMILES string of the molecule is CC(C)(CCCCOc1cc(-c2ccc3c(c2)OCO3)cc(-c2ccccc2)n1)CNC(=O)Nc1cccc(N(C=O)CCCCC(N)C(=O)NCC(O)C(O)C(O)C(O)CO)c1. The van der Waals surface area contributed by atoms with Crippen LogP contribution in [0.4, 0.5) is 16.2 Å². The molecule has 340 valence electrons. The lowest BCUT2D eigenvalue weighted by atomic mass is 9.87. The van der Waals surface area contributed by atoms with Gasteiger partial charge in [0.15, 0.2) is 11.5 Å². The average Bonchev–Trinajstić information content (AvgIpc) is 3.77. The van der Waals surface area contributed by atoms with E-state index in [0.29, 0.717) is 62.0 Å². The Morgan fingerprint density at radius 1 is 0.857 bits per heavy atom. The molecule has 5 rings (SSSR count). The summed E-state index contributed by atoms with van der Waals surface area (Å²) in [6.07, 6.45) is -2.44. The van der Waals surface area contributed by atoms with Crippen molar-refractivity contribution in [3.05, 3.63) is 84.9 Å². The number of pyridine rings is 1. The molecule has 17 heteroatoms. The molecule has 0 radical (unpaired) electrons. The first-order valence-corrected chi connectivity index (χ1v) is 21.1. The minimum absolute atomic E-state index is 0.201. The van der Waals surface area contributed by atoms with Gasteiger partial charge in [-0.25, -0.2) is 9.78 Å². The first-order valence-electron chi connectivity index (χ1n) is 21.1. The van der Waals surface area contributed by atoms with Crippen LogP contribution < -0.4 is 40.8 Å². The minimum atomic E-state index is -1.81. The third kappa shape index (κ3) is 14.6. The third-order valence-electron chi connectivity index (χ3n) is 10.7. The summed E-state index contributed by atoms with van der Waals surface area (Å²) in [4.78, 5) is 43.6. The third-order valence-corrected chi connectivity index (χ3v) is 10.7. The number of nitrogens with zero attached hydrogens (tertiary/aromatic N) is 2. The second-order valence-corrected chi connectivity index (χ2v) is 16.3. The molecule has 1 aliphatic heterocycles. The fourth-order valence-electron chi connectivity index (χ4n) is 6.85. The first kappa shape index (κ1) is 48.2. The molecule has 0 fully saturated rings. The largest absolute Gasteiger partial charge is 0.478 e. The van der Waals surface area contributed by atoms with E-state index in [4.69, 9.17) is 30.0 Å². The van der Waals surface area contributed by atoms with Gasteiger partial charge < -0.3 is 66.3 Å². The predicted octanol–water partition coefficient (Wildman–Crippen LogP) is 3.55. The molecule has 4 aromatic rings. The van der Waals surface area contributed by atoms with Crippen LogP contribution in [0.15, 0.2) is 84.9 Å². The summed E-state index contributed by atoms with van der Waals surface area (Å²) in [5.41, 5.74) is 10.5. The maximum Gasteiger partial charge on any atom is 0.319 e. The number of aliphatic hydroxyl groups is 5. The van der Waals surface area contributed by atoms with Crippen molar-refractivity contribution in [1.82, 2.24) is 15.6 Å². The van der Waals surface area contributed by atoms with Crippen molar-refractivity contribution in [2.24, 2.45) is 11.1 Å². The number of hydrogen-bond donors (Lipinski definition) is 9. The number of hydrogen-bond acceptors (Lipinski definition) is 13. The van der Waals surface area contributed by atoms with Gasteiger partial charge in [0.25, 0.3) is 0 Å². The van der Waals surface area contributed by atoms with E-state index in [1.54, 1.807) is 24.3 Å². The minimum Gasteiger partial charge on any atom is -0.478 e. The molecule has 5 atom stereocenters. The van der Waals surface area contributed by atoms with Crippen LogP contribution in [-0.2, 0) is 9.59 Å². The zero-order valence-corrected chi connectivity index (χ0v) is 35.7. The average molecular weight is 873 g/mol. The van der Waals surface area contributed by atoms with Crippen molar-refractivity contribution in [2.45, 2.75) is 82.8 Å². The molecule has 17 nitrogen and oxygen atoms in total. The van der Waals surface area contributed by atoms with Gasteiger partial charge in [-0.1, -0.05) is 56.3 Å². The van der Waals surface area contributed by atoms with Crippen LogP contribution in [0.25, 0.3) is 22.4 Å². The summed E-state index contributed by atoms with van der Waals surface area (Å²) in [6.45, 7) is 4.36. The highest BCUT2D eigenvalue weighted by Gasteiger charge is 2.30. The van der Waals surface area contributed by atoms with Crippen LogP contribution >= 0.6 is 0 Å². The number of ether oxygens (including phenoxy) is 3. The summed E-state index contributed by atoms with van der Waals surface area (Å²) < 4.78 is 17.3. The summed E-state index contributed by atoms with van der Waals surface area (Å²) >= 11 is 0. The molecule has 1 aliphatic rings. The molecule has 2 heterocycles. The van der Waals surface area contributed by atoms with Crippen LogP contribution in [0.1, 0.15) is 52.4 Å². The Morgan fingerprint density at radius 3 is 2.38 bits per heavy atom. The van der Waals surface area contributed by atoms with Gasteiger partial charge in [-0.3, -0.25) is 9.59 Å². The zero-order chi connectivity index (χ0) is 45.4. The lowest BCUT2D eigenvalue weighted by molar-refractivity contribution is -0.127. The summed E-state index contributed by atoms with van der Waals surface area (Å²) in [5, 5.41) is 56.2. The number of benzene rings is 3. The van der Waals surface area contributed by atoms with Crippen LogP contribution in [-0.4, -0.2) is 119 Å². The number of amides is 4. The van der Waals surface area contributed by atoms with Gasteiger partial charge in [0.1, 0.15) is 18.3 Å². The van der Waals surface area contributed by atoms with Crippen LogP contribution in [0.3, 0.4) is 0 Å². The van der Waals surface area contributed by atoms with Gasteiger partial charge in [-0.2, -0.15) is 0 Å². The van der Waals surface area contributed by atoms with E-state index in [-0.39, 0.29) is 24.7 Å². The topological polar surface area (TPSA) is 258 Å². The van der Waals surface area contributed by atoms with Gasteiger partial charge >= 0.3 is 6.03 Å². The molecule has 0 bridgehead atoms. The zero-order valence-electron chi connectivity index (χ0n) is 35.7. The van der Waals surface area contributed by atoms with Crippen molar-refractivity contribution in [2.75, 3.05) is 49.9 Å². The van der Waals surface area contributed by atoms with Crippen molar-refractivity contribution in [3.63, 3.8) is 0 Å². The van der Waals surface area contributed by atoms with Crippen molar-refractivity contribution in [3.8, 4) is 39.8 Å². The lowest BCUT2D eigenvalue weighted by Crippen LogP contribution is -2.51. The number of anilines is 2. The number of urea groups is 1. The highest BCUT2D eigenvalue weighted by atomic mass is 16.7. The van der Waals surface area contributed by atoms with E-state index in [0.717, 1.165) is 47.4 Å². The first-order chi connectivity index (χ1) is 30.3. The molecule has 63 heavy (non-hydrogen) atoms. The molecule has 5 unspecified atom stereocenters. The Morgan fingerprint density at radius 2 is 1.62 bits per heavy atom. The van der Waals surface area contributed by atoms with E-state index in [2.05, 4.69) is 29.8 Å². The Balaban J connectivity index is 1.01. The van der Waals surface area contributed by atoms with E-state index in [9.17, 15) is 34.8 Å². The number of unbranched alkanes of at least 4 members (excludes halogenated alkanes) is 2. The van der Waals surface area contributed by atoms with Crippen molar-refractivity contribution < 1.29 is 54.1 Å². The number of carbonyl (C=O) groups excluding carboxylic acids is 3. The van der Waals surface area contributed by atoms with Crippen molar-refractivity contribution in [1.29, 1.82) is 0 Å². The second kappa shape index (κ2) is 23.6. The highest BCUT2D eigenvalue weighted by molar-refractivity contribution is 5.90. The number of aliphatic hydroxyl groups excluding tert-OH is 5. The molecule has 0 saturated heterocycles. The van der Waals surface area contributed by atoms with Gasteiger partial charge in [-0.15, -0.1) is 0 Å². The van der Waals surface area contributed by atoms with E-state index < -0.39 is 49.5 Å². The Bertz CT molecular complexity index is 2090. The maximum absolute atomic E-state index is 12.9. The quantitative estimate of drug-likeness (QED) is 0.0342. The molecular formula is C46H60N6O11. The highest BCUT2D eigenvalue weighted by Crippen LogP contribution is 2.37. The Hall–Kier alpha value is -5.82. The number of rotatable bonds is 25. The summed E-state index contributed by atoms with van der Waals surface area (Å²) in [6, 6.07) is 25.4. The van der Waals surface area contributed by atoms with Gasteiger partial charge in [0, 0.05) is 42.6 Å². The molecule has 1 aromatic heterocycles. The molecular weight excluding hydrogens is 813 g/mol. The molecule has 0 aliphatic carbocycles. The van der Waals surface area contributed by atoms with Gasteiger partial charge in [0.05, 0.1) is 31.1 Å². The standard InChI is InChI=1S/C46H60N6O11/c1-46(2,18-7-9-20-61-41-23-32(21-36(51-41)30-11-4-3-5-12-30)31-16-17-39-40(22-31)63-29-62-39)27-49-45(60)50-33-13-10-14-34(24-33)52(28-54)19-8-6-15-35(47)44(59)48-25-37(55)42(57)43(58)38(56)26-53/h3-5,10-14,16-17,21-24,28,35,37-38,42-43,53,55-58H,6-9,15,18-20,25-27,29,47H2,1-2H3,(H,48,59)(H2,49,50,60). The summed E-state index contributed by atoms with van der Waals surface area (Å²) in [5.74, 6) is 1.36. The fourth-order valence-corrected chi connectivity index (χ4v) is 6.85. The number of fused-ring (bicyclic) bond motifs is 1. The van der Waals surface area contributed by atoms with E-state index in [1.165, 1.54) is 4.90 Å². The molecule has 4 amide bonds. The Labute approximate surface area is 367 Å². The maximum atomic E-state index is 12.9. The number of nitrogens with two attached hydrogens (primary N) is 1. The van der Waals surface area contributed by atoms with Gasteiger partial charge in [-0.05, 0) is 91.5 Å². The second-order valence-electron chi connectivity index (χ2n) is 16.3. The monoisotopic (exact) mass is 872 g/mol. The predicted molar refractivity (Wildman–Crippen MR) is 237 cm³/mol. The fraction of sp³-hybridized carbons (Fsp3) is 0.435. The van der Waals surface area contributed by atoms with Crippen LogP contribution in [0.5, 0.6) is 17.4 Å². The normalized spacial score (nSPS) is 14.5. The van der Waals surface area contributed by atoms with E-state index in [1.807, 2.05) is 60.7 Å². The lowest BCUT2D eigenvalue weighted by Gasteiger charge is -2.26. The molecule has 10 N–H and O–H groups in total. The number of carbonyl (C=O) groups is 3. The number of nitrogens with one attached hydrogen (secondary N) is 3. The van der Waals surface area contributed by atoms with Crippen molar-refractivity contribution >= 4 is 29.7 Å². The number of aromatic nitrogens is 1.